The van der Waals surface area contributed by atoms with E-state index in [4.69, 9.17) is 0 Å². The fraction of sp³-hybridized carbons (Fsp3) is 1.00. The second-order valence-corrected chi connectivity index (χ2v) is 58.0. The second kappa shape index (κ2) is 8.71. The predicted octanol–water partition coefficient (Wildman–Crippen LogP) is 8.95. The average molecular weight is 601 g/mol. The summed E-state index contributed by atoms with van der Waals surface area (Å²) in [6, 6.07) is 0. The van der Waals surface area contributed by atoms with Crippen molar-refractivity contribution in [2.75, 3.05) is 0 Å². The van der Waals surface area contributed by atoms with E-state index in [-0.39, 0.29) is 0 Å². The molecule has 0 N–H and O–H groups in total. The third-order valence-corrected chi connectivity index (χ3v) is 86.4. The van der Waals surface area contributed by atoms with Crippen molar-refractivity contribution >= 4 is 62.5 Å². The summed E-state index contributed by atoms with van der Waals surface area (Å²) in [6.07, 6.45) is 7.78. The van der Waals surface area contributed by atoms with Crippen LogP contribution in [0.25, 0.3) is 0 Å². The molecular formula is C20H49GeISi4. The summed E-state index contributed by atoms with van der Waals surface area (Å²) in [6.45, 7) is 33.0. The van der Waals surface area contributed by atoms with Gasteiger partial charge >= 0.3 is 186 Å². The first kappa shape index (κ1) is 26.2. The molecule has 6 heteroatoms. The molecule has 0 radical (unpaired) electrons. The molecular weight excluding hydrogens is 552 g/mol. The molecule has 0 bridgehead atoms. The zero-order chi connectivity index (χ0) is 20.8. The zero-order valence-corrected chi connectivity index (χ0v) is 28.4. The molecule has 0 aromatic heterocycles. The van der Waals surface area contributed by atoms with Gasteiger partial charge in [0.2, 0.25) is 0 Å². The van der Waals surface area contributed by atoms with Crippen LogP contribution in [0.2, 0.25) is 91.3 Å². The molecule has 0 aromatic carbocycles. The van der Waals surface area contributed by atoms with Gasteiger partial charge in [0.1, 0.15) is 0 Å². The third-order valence-electron chi connectivity index (χ3n) is 6.58. The van der Waals surface area contributed by atoms with Gasteiger partial charge in [0, 0.05) is 0 Å². The van der Waals surface area contributed by atoms with Crippen LogP contribution >= 0.6 is 20.2 Å². The van der Waals surface area contributed by atoms with Crippen molar-refractivity contribution in [3.8, 4) is 0 Å². The fourth-order valence-corrected chi connectivity index (χ4v) is 146. The molecule has 156 valence electrons. The molecule has 0 unspecified atom stereocenters. The van der Waals surface area contributed by atoms with Crippen molar-refractivity contribution in [3.05, 3.63) is 0 Å². The summed E-state index contributed by atoms with van der Waals surface area (Å²) >= 11 is 3.35. The quantitative estimate of drug-likeness (QED) is 0.202. The Balaban J connectivity index is 3.75. The van der Waals surface area contributed by atoms with E-state index in [1.165, 1.54) is 27.3 Å². The predicted molar refractivity (Wildman–Crippen MR) is 147 cm³/mol. The summed E-state index contributed by atoms with van der Waals surface area (Å²) in [5, 5.41) is 0. The Kier molecular flexibility index (Phi) is 8.77. The van der Waals surface area contributed by atoms with Crippen molar-refractivity contribution in [2.45, 2.75) is 123 Å². The van der Waals surface area contributed by atoms with Gasteiger partial charge in [-0.15, -0.1) is 0 Å². The van der Waals surface area contributed by atoms with E-state index in [9.17, 15) is 0 Å². The van der Waals surface area contributed by atoms with Gasteiger partial charge < -0.3 is 0 Å². The molecule has 1 fully saturated rings. The molecule has 0 amide bonds. The Bertz CT molecular complexity index is 402. The fourth-order valence-electron chi connectivity index (χ4n) is 7.44. The van der Waals surface area contributed by atoms with Crippen LogP contribution in [0.3, 0.4) is 0 Å². The Hall–Kier alpha value is 2.14. The van der Waals surface area contributed by atoms with Gasteiger partial charge in [-0.3, -0.25) is 0 Å². The third kappa shape index (κ3) is 6.08. The molecule has 0 heterocycles. The Morgan fingerprint density at radius 2 is 0.846 bits per heavy atom. The van der Waals surface area contributed by atoms with E-state index >= 15 is 0 Å². The van der Waals surface area contributed by atoms with Gasteiger partial charge in [0.25, 0.3) is 0 Å². The van der Waals surface area contributed by atoms with Gasteiger partial charge in [-0.05, 0) is 0 Å². The average Bonchev–Trinajstić information content (AvgIpc) is 2.32. The monoisotopic (exact) mass is 602 g/mol. The van der Waals surface area contributed by atoms with Crippen LogP contribution in [0.1, 0.15) is 32.1 Å². The van der Waals surface area contributed by atoms with Crippen LogP contribution in [-0.4, -0.2) is 42.3 Å². The van der Waals surface area contributed by atoms with Crippen LogP contribution in [0.4, 0.5) is 0 Å². The topological polar surface area (TPSA) is 0 Å². The maximum atomic E-state index is 3.35. The van der Waals surface area contributed by atoms with E-state index < -0.39 is 42.3 Å². The van der Waals surface area contributed by atoms with Crippen LogP contribution in [-0.2, 0) is 0 Å². The summed E-state index contributed by atoms with van der Waals surface area (Å²) in [5.41, 5.74) is 0. The summed E-state index contributed by atoms with van der Waals surface area (Å²) in [7, 11) is -6.85. The zero-order valence-electron chi connectivity index (χ0n) is 20.1. The molecule has 0 saturated heterocycles. The van der Waals surface area contributed by atoms with Gasteiger partial charge in [0.15, 0.2) is 0 Å². The summed E-state index contributed by atoms with van der Waals surface area (Å²) < 4.78 is 3.58. The van der Waals surface area contributed by atoms with Crippen LogP contribution in [0, 0.1) is 0 Å². The van der Waals surface area contributed by atoms with Crippen LogP contribution in [0.5, 0.6) is 0 Å². The number of halogens is 1. The minimum atomic E-state index is -2.13. The maximum absolute atomic E-state index is 3.35. The van der Waals surface area contributed by atoms with Gasteiger partial charge in [-0.25, -0.2) is 0 Å². The number of hydrogen-bond donors (Lipinski definition) is 0. The van der Waals surface area contributed by atoms with Crippen LogP contribution in [0.15, 0.2) is 0 Å². The number of rotatable bonds is 7. The first-order valence-corrected chi connectivity index (χ1v) is 35.4. The molecule has 1 aliphatic rings. The molecule has 0 aliphatic heterocycles. The van der Waals surface area contributed by atoms with E-state index in [0.29, 0.717) is 0 Å². The Morgan fingerprint density at radius 1 is 0.577 bits per heavy atom. The summed E-state index contributed by atoms with van der Waals surface area (Å²) in [4.78, 5) is 0. The first-order chi connectivity index (χ1) is 11.3. The van der Waals surface area contributed by atoms with Crippen molar-refractivity contribution < 1.29 is 0 Å². The molecule has 1 rings (SSSR count). The van der Waals surface area contributed by atoms with Gasteiger partial charge in [0.05, 0.1) is 0 Å². The van der Waals surface area contributed by atoms with Crippen molar-refractivity contribution in [1.82, 2.24) is 0 Å². The van der Waals surface area contributed by atoms with E-state index in [1.54, 1.807) is 12.8 Å². The van der Waals surface area contributed by atoms with E-state index in [1.807, 2.05) is 0 Å². The molecule has 0 aromatic rings. The second-order valence-electron chi connectivity index (χ2n) is 13.5. The van der Waals surface area contributed by atoms with E-state index in [2.05, 4.69) is 98.8 Å². The molecule has 0 nitrogen and oxygen atoms in total. The minimum absolute atomic E-state index is 1.16. The molecule has 1 saturated carbocycles. The standard InChI is InChI=1S/C20H49GeISi4/c1-23(2,3)19(24(4,5)6)21(22,18-16-14-13-15-17-18)20(25(7,8)9)26(10,11)12/h18-20H,13-17H2,1-12H3. The SMILES string of the molecule is C[Si](C)(C)[CH]([Si](C)(C)C)[Ge]([I])([CH]1CCCCC1)[CH]([Si](C)(C)C)[Si](C)(C)C. The molecule has 0 atom stereocenters. The van der Waals surface area contributed by atoms with Crippen molar-refractivity contribution in [1.29, 1.82) is 0 Å². The number of hydrogen-bond acceptors (Lipinski definition) is 0. The van der Waals surface area contributed by atoms with E-state index in [0.717, 1.165) is 4.75 Å². The van der Waals surface area contributed by atoms with Crippen molar-refractivity contribution in [3.63, 3.8) is 0 Å². The Labute approximate surface area is 184 Å². The van der Waals surface area contributed by atoms with Gasteiger partial charge in [-0.2, -0.15) is 0 Å². The van der Waals surface area contributed by atoms with Crippen molar-refractivity contribution in [2.24, 2.45) is 0 Å². The normalized spacial score (nSPS) is 19.5. The first-order valence-electron chi connectivity index (χ1n) is 11.0. The molecule has 0 spiro atoms. The molecule has 26 heavy (non-hydrogen) atoms. The molecule has 1 aliphatic carbocycles. The van der Waals surface area contributed by atoms with Crippen LogP contribution < -0.4 is 0 Å². The summed E-state index contributed by atoms with van der Waals surface area (Å²) in [5.74, 6) is 0. The Morgan fingerprint density at radius 3 is 1.08 bits per heavy atom. The van der Waals surface area contributed by atoms with Gasteiger partial charge in [-0.1, -0.05) is 0 Å².